The van der Waals surface area contributed by atoms with Gasteiger partial charge in [-0.25, -0.2) is 0 Å². The maximum atomic E-state index is 12.2. The Morgan fingerprint density at radius 3 is 2.78 bits per heavy atom. The highest BCUT2D eigenvalue weighted by Gasteiger charge is 2.31. The van der Waals surface area contributed by atoms with E-state index in [2.05, 4.69) is 0 Å². The lowest BCUT2D eigenvalue weighted by Gasteiger charge is -2.30. The van der Waals surface area contributed by atoms with Crippen LogP contribution in [0.5, 0.6) is 0 Å². The number of aliphatic carboxylic acids is 1. The van der Waals surface area contributed by atoms with Crippen molar-refractivity contribution in [1.82, 2.24) is 4.90 Å². The minimum atomic E-state index is -0.913. The molecule has 2 heterocycles. The fourth-order valence-corrected chi connectivity index (χ4v) is 3.04. The van der Waals surface area contributed by atoms with Crippen LogP contribution in [0.1, 0.15) is 24.3 Å². The predicted molar refractivity (Wildman–Crippen MR) is 69.4 cm³/mol. The van der Waals surface area contributed by atoms with Gasteiger partial charge in [0.15, 0.2) is 0 Å². The third-order valence-electron chi connectivity index (χ3n) is 3.65. The van der Waals surface area contributed by atoms with E-state index >= 15 is 0 Å². The number of fused-ring (bicyclic) bond motifs is 1. The fourth-order valence-electron chi connectivity index (χ4n) is 2.15. The molecule has 0 saturated heterocycles. The standard InChI is InChI=1S/C13H17NO3S/c1-8(9(2)13(16)17)12(15)14-5-3-11-10(7-14)4-6-18-11/h4,6,8-9H,3,5,7H2,1-2H3,(H,16,17). The number of carboxylic acids is 1. The molecule has 0 fully saturated rings. The molecule has 2 atom stereocenters. The largest absolute Gasteiger partial charge is 0.481 e. The Hall–Kier alpha value is -1.36. The molecule has 1 aliphatic rings. The van der Waals surface area contributed by atoms with Crippen molar-refractivity contribution in [3.05, 3.63) is 21.9 Å². The first-order valence-electron chi connectivity index (χ1n) is 6.07. The SMILES string of the molecule is CC(C(=O)O)C(C)C(=O)N1CCc2sccc2C1. The molecule has 1 aliphatic heterocycles. The maximum absolute atomic E-state index is 12.2. The van der Waals surface area contributed by atoms with Crippen LogP contribution in [0, 0.1) is 11.8 Å². The summed E-state index contributed by atoms with van der Waals surface area (Å²) in [5.74, 6) is -2.07. The van der Waals surface area contributed by atoms with Crippen molar-refractivity contribution in [2.24, 2.45) is 11.8 Å². The van der Waals surface area contributed by atoms with Crippen molar-refractivity contribution in [2.75, 3.05) is 6.54 Å². The van der Waals surface area contributed by atoms with Crippen LogP contribution < -0.4 is 0 Å². The second kappa shape index (κ2) is 5.10. The van der Waals surface area contributed by atoms with E-state index in [1.165, 1.54) is 10.4 Å². The van der Waals surface area contributed by atoms with Gasteiger partial charge in [0.1, 0.15) is 0 Å². The normalized spacial score (nSPS) is 18.0. The molecule has 1 N–H and O–H groups in total. The quantitative estimate of drug-likeness (QED) is 0.911. The highest BCUT2D eigenvalue weighted by Crippen LogP contribution is 2.26. The van der Waals surface area contributed by atoms with Gasteiger partial charge in [-0.1, -0.05) is 13.8 Å². The van der Waals surface area contributed by atoms with Crippen molar-refractivity contribution in [2.45, 2.75) is 26.8 Å². The van der Waals surface area contributed by atoms with Crippen molar-refractivity contribution in [3.63, 3.8) is 0 Å². The second-order valence-corrected chi connectivity index (χ2v) is 5.80. The van der Waals surface area contributed by atoms with Gasteiger partial charge >= 0.3 is 5.97 Å². The van der Waals surface area contributed by atoms with E-state index < -0.39 is 17.8 Å². The van der Waals surface area contributed by atoms with E-state index in [4.69, 9.17) is 5.11 Å². The fraction of sp³-hybridized carbons (Fsp3) is 0.538. The number of hydrogen-bond acceptors (Lipinski definition) is 3. The summed E-state index contributed by atoms with van der Waals surface area (Å²) >= 11 is 1.73. The van der Waals surface area contributed by atoms with E-state index in [0.717, 1.165) is 6.42 Å². The van der Waals surface area contributed by atoms with Crippen LogP contribution in [0.3, 0.4) is 0 Å². The molecule has 0 radical (unpaired) electrons. The monoisotopic (exact) mass is 267 g/mol. The summed E-state index contributed by atoms with van der Waals surface area (Å²) in [6, 6.07) is 2.05. The van der Waals surface area contributed by atoms with Gasteiger partial charge in [-0.3, -0.25) is 9.59 Å². The molecule has 0 saturated carbocycles. The Morgan fingerprint density at radius 1 is 1.39 bits per heavy atom. The highest BCUT2D eigenvalue weighted by atomic mass is 32.1. The van der Waals surface area contributed by atoms with Crippen molar-refractivity contribution in [3.8, 4) is 0 Å². The van der Waals surface area contributed by atoms with E-state index in [-0.39, 0.29) is 5.91 Å². The molecule has 1 aromatic rings. The van der Waals surface area contributed by atoms with E-state index in [0.29, 0.717) is 13.1 Å². The Bertz CT molecular complexity index is 469. The van der Waals surface area contributed by atoms with Gasteiger partial charge in [-0.2, -0.15) is 0 Å². The molecule has 18 heavy (non-hydrogen) atoms. The third-order valence-corrected chi connectivity index (χ3v) is 4.67. The molecular weight excluding hydrogens is 250 g/mol. The third kappa shape index (κ3) is 2.41. The van der Waals surface area contributed by atoms with Crippen molar-refractivity contribution < 1.29 is 14.7 Å². The Kier molecular flexibility index (Phi) is 3.71. The Balaban J connectivity index is 2.05. The van der Waals surface area contributed by atoms with Crippen LogP contribution in [-0.2, 0) is 22.6 Å². The van der Waals surface area contributed by atoms with Gasteiger partial charge in [-0.15, -0.1) is 11.3 Å². The molecule has 4 nitrogen and oxygen atoms in total. The second-order valence-electron chi connectivity index (χ2n) is 4.79. The summed E-state index contributed by atoms with van der Waals surface area (Å²) in [5.41, 5.74) is 1.20. The molecule has 1 aromatic heterocycles. The van der Waals surface area contributed by atoms with Crippen LogP contribution in [0.2, 0.25) is 0 Å². The molecule has 0 aliphatic carbocycles. The zero-order valence-electron chi connectivity index (χ0n) is 10.5. The lowest BCUT2D eigenvalue weighted by Crippen LogP contribution is -2.41. The zero-order chi connectivity index (χ0) is 13.3. The summed E-state index contributed by atoms with van der Waals surface area (Å²) in [7, 11) is 0. The van der Waals surface area contributed by atoms with Crippen LogP contribution in [0.4, 0.5) is 0 Å². The smallest absolute Gasteiger partial charge is 0.307 e. The van der Waals surface area contributed by atoms with Gasteiger partial charge in [-0.05, 0) is 23.4 Å². The Morgan fingerprint density at radius 2 is 2.11 bits per heavy atom. The van der Waals surface area contributed by atoms with Crippen LogP contribution >= 0.6 is 11.3 Å². The van der Waals surface area contributed by atoms with Gasteiger partial charge < -0.3 is 10.0 Å². The van der Waals surface area contributed by atoms with E-state index in [9.17, 15) is 9.59 Å². The molecule has 0 aromatic carbocycles. The minimum absolute atomic E-state index is 0.0539. The molecule has 0 spiro atoms. The Labute approximate surface area is 110 Å². The molecule has 98 valence electrons. The summed E-state index contributed by atoms with van der Waals surface area (Å²) in [6.45, 7) is 4.60. The van der Waals surface area contributed by atoms with Crippen molar-refractivity contribution >= 4 is 23.2 Å². The average Bonchev–Trinajstić information content (AvgIpc) is 2.82. The van der Waals surface area contributed by atoms with Gasteiger partial charge in [0, 0.05) is 23.9 Å². The number of hydrogen-bond donors (Lipinski definition) is 1. The highest BCUT2D eigenvalue weighted by molar-refractivity contribution is 7.10. The molecule has 1 amide bonds. The number of thiophene rings is 1. The molecule has 2 rings (SSSR count). The van der Waals surface area contributed by atoms with Gasteiger partial charge in [0.25, 0.3) is 0 Å². The number of amides is 1. The molecule has 2 unspecified atom stereocenters. The minimum Gasteiger partial charge on any atom is -0.481 e. The molecular formula is C13H17NO3S. The van der Waals surface area contributed by atoms with Gasteiger partial charge in [0.05, 0.1) is 5.92 Å². The van der Waals surface area contributed by atoms with Crippen LogP contribution in [0.15, 0.2) is 11.4 Å². The maximum Gasteiger partial charge on any atom is 0.307 e. The topological polar surface area (TPSA) is 57.6 Å². The first-order chi connectivity index (χ1) is 8.50. The van der Waals surface area contributed by atoms with Crippen LogP contribution in [0.25, 0.3) is 0 Å². The number of carbonyl (C=O) groups is 2. The number of carboxylic acid groups (broad SMARTS) is 1. The van der Waals surface area contributed by atoms with E-state index in [1.54, 1.807) is 30.1 Å². The van der Waals surface area contributed by atoms with Crippen LogP contribution in [-0.4, -0.2) is 28.4 Å². The number of carbonyl (C=O) groups excluding carboxylic acids is 1. The number of rotatable bonds is 3. The lowest BCUT2D eigenvalue weighted by molar-refractivity contribution is -0.149. The zero-order valence-corrected chi connectivity index (χ0v) is 11.4. The summed E-state index contributed by atoms with van der Waals surface area (Å²) in [5, 5.41) is 11.0. The lowest BCUT2D eigenvalue weighted by atomic mass is 9.94. The molecule has 5 heteroatoms. The number of nitrogens with zero attached hydrogens (tertiary/aromatic N) is 1. The summed E-state index contributed by atoms with van der Waals surface area (Å²) in [4.78, 5) is 26.3. The van der Waals surface area contributed by atoms with Gasteiger partial charge in [0.2, 0.25) is 5.91 Å². The summed E-state index contributed by atoms with van der Waals surface area (Å²) < 4.78 is 0. The predicted octanol–water partition coefficient (Wildman–Crippen LogP) is 1.99. The van der Waals surface area contributed by atoms with Crippen molar-refractivity contribution in [1.29, 1.82) is 0 Å². The summed E-state index contributed by atoms with van der Waals surface area (Å²) in [6.07, 6.45) is 0.882. The molecule has 0 bridgehead atoms. The average molecular weight is 267 g/mol. The first kappa shape index (κ1) is 13.1. The van der Waals surface area contributed by atoms with E-state index in [1.807, 2.05) is 11.4 Å². The first-order valence-corrected chi connectivity index (χ1v) is 6.95.